The van der Waals surface area contributed by atoms with Gasteiger partial charge in [-0.3, -0.25) is 14.5 Å². The van der Waals surface area contributed by atoms with Crippen molar-refractivity contribution < 1.29 is 9.59 Å². The maximum Gasteiger partial charge on any atom is 0.237 e. The van der Waals surface area contributed by atoms with E-state index in [2.05, 4.69) is 17.6 Å². The van der Waals surface area contributed by atoms with E-state index in [9.17, 15) is 9.59 Å². The second-order valence-corrected chi connectivity index (χ2v) is 6.07. The molecule has 1 rings (SSSR count). The Morgan fingerprint density at radius 1 is 1.24 bits per heavy atom. The fourth-order valence-corrected chi connectivity index (χ4v) is 2.96. The second-order valence-electron chi connectivity index (χ2n) is 6.07. The summed E-state index contributed by atoms with van der Waals surface area (Å²) in [6, 6.07) is 0.0172. The molecule has 1 saturated carbocycles. The highest BCUT2D eigenvalue weighted by Gasteiger charge is 2.27. The van der Waals surface area contributed by atoms with Crippen LogP contribution in [-0.4, -0.2) is 48.4 Å². The van der Waals surface area contributed by atoms with Crippen LogP contribution in [-0.2, 0) is 9.59 Å². The quantitative estimate of drug-likeness (QED) is 0.749. The van der Waals surface area contributed by atoms with Crippen LogP contribution in [0.25, 0.3) is 0 Å². The summed E-state index contributed by atoms with van der Waals surface area (Å²) in [5.41, 5.74) is 0. The second kappa shape index (κ2) is 9.03. The molecule has 0 heterocycles. The van der Waals surface area contributed by atoms with Crippen molar-refractivity contribution in [3.63, 3.8) is 0 Å². The average molecular weight is 297 g/mol. The Kier molecular flexibility index (Phi) is 7.72. The standard InChI is InChI=1S/C16H31N3O2/c1-5-17-15(20)11-19(6-2)13(4)16(21)18-14-10-8-7-9-12(14)3/h12-14H,5-11H2,1-4H3,(H,17,20)(H,18,21)/t12-,13+,14+/m0/s1. The zero-order valence-electron chi connectivity index (χ0n) is 13.9. The van der Waals surface area contributed by atoms with Crippen molar-refractivity contribution in [3.8, 4) is 0 Å². The minimum absolute atomic E-state index is 0.0231. The normalized spacial score (nSPS) is 23.7. The van der Waals surface area contributed by atoms with Crippen LogP contribution in [0.15, 0.2) is 0 Å². The monoisotopic (exact) mass is 297 g/mol. The summed E-state index contributed by atoms with van der Waals surface area (Å²) in [7, 11) is 0. The van der Waals surface area contributed by atoms with E-state index in [0.717, 1.165) is 6.42 Å². The smallest absolute Gasteiger partial charge is 0.237 e. The SMILES string of the molecule is CCNC(=O)CN(CC)[C@H](C)C(=O)N[C@@H]1CCCC[C@@H]1C. The number of nitrogens with zero attached hydrogens (tertiary/aromatic N) is 1. The van der Waals surface area contributed by atoms with E-state index in [1.807, 2.05) is 25.7 Å². The zero-order valence-corrected chi connectivity index (χ0v) is 13.9. The van der Waals surface area contributed by atoms with Crippen LogP contribution in [0, 0.1) is 5.92 Å². The highest BCUT2D eigenvalue weighted by molar-refractivity contribution is 5.83. The molecule has 0 aromatic carbocycles. The molecule has 0 aromatic rings. The lowest BCUT2D eigenvalue weighted by molar-refractivity contribution is -0.129. The number of likely N-dealkylation sites (N-methyl/N-ethyl adjacent to an activating group) is 2. The molecular weight excluding hydrogens is 266 g/mol. The van der Waals surface area contributed by atoms with Gasteiger partial charge in [0.05, 0.1) is 12.6 Å². The third-order valence-corrected chi connectivity index (χ3v) is 4.49. The molecule has 0 saturated heterocycles. The van der Waals surface area contributed by atoms with Gasteiger partial charge in [-0.15, -0.1) is 0 Å². The van der Waals surface area contributed by atoms with Gasteiger partial charge in [0.2, 0.25) is 11.8 Å². The third kappa shape index (κ3) is 5.65. The Labute approximate surface area is 128 Å². The molecule has 0 aromatic heterocycles. The van der Waals surface area contributed by atoms with E-state index in [1.54, 1.807) is 0 Å². The lowest BCUT2D eigenvalue weighted by atomic mass is 9.86. The molecule has 21 heavy (non-hydrogen) atoms. The van der Waals surface area contributed by atoms with Gasteiger partial charge in [-0.2, -0.15) is 0 Å². The molecular formula is C16H31N3O2. The first kappa shape index (κ1) is 18.0. The molecule has 2 amide bonds. The van der Waals surface area contributed by atoms with E-state index >= 15 is 0 Å². The Hall–Kier alpha value is -1.10. The number of hydrogen-bond acceptors (Lipinski definition) is 3. The lowest BCUT2D eigenvalue weighted by Gasteiger charge is -2.32. The Balaban J connectivity index is 2.51. The van der Waals surface area contributed by atoms with E-state index in [-0.39, 0.29) is 30.4 Å². The fraction of sp³-hybridized carbons (Fsp3) is 0.875. The molecule has 5 heteroatoms. The lowest BCUT2D eigenvalue weighted by Crippen LogP contribution is -2.52. The van der Waals surface area contributed by atoms with Crippen molar-refractivity contribution in [1.82, 2.24) is 15.5 Å². The molecule has 0 bridgehead atoms. The van der Waals surface area contributed by atoms with Gasteiger partial charge in [0.15, 0.2) is 0 Å². The van der Waals surface area contributed by atoms with Crippen LogP contribution in [0.2, 0.25) is 0 Å². The van der Waals surface area contributed by atoms with Gasteiger partial charge in [0.1, 0.15) is 0 Å². The van der Waals surface area contributed by atoms with Crippen molar-refractivity contribution in [1.29, 1.82) is 0 Å². The van der Waals surface area contributed by atoms with Gasteiger partial charge in [0, 0.05) is 12.6 Å². The molecule has 0 unspecified atom stereocenters. The number of carbonyl (C=O) groups excluding carboxylic acids is 2. The van der Waals surface area contributed by atoms with Gasteiger partial charge < -0.3 is 10.6 Å². The topological polar surface area (TPSA) is 61.4 Å². The van der Waals surface area contributed by atoms with Crippen molar-refractivity contribution >= 4 is 11.8 Å². The maximum absolute atomic E-state index is 12.4. The number of hydrogen-bond donors (Lipinski definition) is 2. The molecule has 122 valence electrons. The first-order valence-electron chi connectivity index (χ1n) is 8.30. The Morgan fingerprint density at radius 2 is 1.90 bits per heavy atom. The van der Waals surface area contributed by atoms with Crippen LogP contribution >= 0.6 is 0 Å². The molecule has 3 atom stereocenters. The van der Waals surface area contributed by atoms with E-state index in [0.29, 0.717) is 19.0 Å². The summed E-state index contributed by atoms with van der Waals surface area (Å²) in [6.45, 7) is 9.55. The predicted octanol–water partition coefficient (Wildman–Crippen LogP) is 1.53. The van der Waals surface area contributed by atoms with Gasteiger partial charge in [-0.25, -0.2) is 0 Å². The summed E-state index contributed by atoms with van der Waals surface area (Å²) in [4.78, 5) is 26.0. The molecule has 1 aliphatic carbocycles. The molecule has 1 aliphatic rings. The molecule has 5 nitrogen and oxygen atoms in total. The van der Waals surface area contributed by atoms with Gasteiger partial charge >= 0.3 is 0 Å². The van der Waals surface area contributed by atoms with E-state index < -0.39 is 0 Å². The van der Waals surface area contributed by atoms with Crippen molar-refractivity contribution in [2.75, 3.05) is 19.6 Å². The first-order chi connectivity index (χ1) is 9.99. The zero-order chi connectivity index (χ0) is 15.8. The van der Waals surface area contributed by atoms with Crippen molar-refractivity contribution in [3.05, 3.63) is 0 Å². The van der Waals surface area contributed by atoms with Crippen molar-refractivity contribution in [2.45, 2.75) is 65.5 Å². The predicted molar refractivity (Wildman–Crippen MR) is 85.0 cm³/mol. The minimum atomic E-state index is -0.272. The number of amides is 2. The molecule has 0 spiro atoms. The van der Waals surface area contributed by atoms with Crippen molar-refractivity contribution in [2.24, 2.45) is 5.92 Å². The fourth-order valence-electron chi connectivity index (χ4n) is 2.96. The summed E-state index contributed by atoms with van der Waals surface area (Å²) < 4.78 is 0. The molecule has 0 radical (unpaired) electrons. The highest BCUT2D eigenvalue weighted by Crippen LogP contribution is 2.23. The Morgan fingerprint density at radius 3 is 2.48 bits per heavy atom. The minimum Gasteiger partial charge on any atom is -0.355 e. The summed E-state index contributed by atoms with van der Waals surface area (Å²) >= 11 is 0. The van der Waals surface area contributed by atoms with Crippen LogP contribution < -0.4 is 10.6 Å². The van der Waals surface area contributed by atoms with Gasteiger partial charge in [-0.05, 0) is 39.2 Å². The van der Waals surface area contributed by atoms with E-state index in [1.165, 1.54) is 19.3 Å². The van der Waals surface area contributed by atoms with Crippen LogP contribution in [0.1, 0.15) is 53.4 Å². The van der Waals surface area contributed by atoms with Crippen LogP contribution in [0.4, 0.5) is 0 Å². The number of rotatable bonds is 7. The van der Waals surface area contributed by atoms with Crippen LogP contribution in [0.5, 0.6) is 0 Å². The average Bonchev–Trinajstić information content (AvgIpc) is 2.46. The largest absolute Gasteiger partial charge is 0.355 e. The van der Waals surface area contributed by atoms with E-state index in [4.69, 9.17) is 0 Å². The Bertz CT molecular complexity index is 346. The van der Waals surface area contributed by atoms with Crippen LogP contribution in [0.3, 0.4) is 0 Å². The number of carbonyl (C=O) groups is 2. The third-order valence-electron chi connectivity index (χ3n) is 4.49. The molecule has 2 N–H and O–H groups in total. The van der Waals surface area contributed by atoms with Gasteiger partial charge in [-0.1, -0.05) is 26.7 Å². The molecule has 1 fully saturated rings. The first-order valence-corrected chi connectivity index (χ1v) is 8.30. The summed E-state index contributed by atoms with van der Waals surface area (Å²) in [5.74, 6) is 0.568. The summed E-state index contributed by atoms with van der Waals surface area (Å²) in [5, 5.41) is 5.96. The number of nitrogens with one attached hydrogen (secondary N) is 2. The summed E-state index contributed by atoms with van der Waals surface area (Å²) in [6.07, 6.45) is 4.72. The highest BCUT2D eigenvalue weighted by atomic mass is 16.2. The maximum atomic E-state index is 12.4. The van der Waals surface area contributed by atoms with Gasteiger partial charge in [0.25, 0.3) is 0 Å². The molecule has 0 aliphatic heterocycles.